The number of rotatable bonds is 3. The fraction of sp³-hybridized carbons (Fsp3) is 0.526. The molecule has 1 saturated carbocycles. The molecule has 5 heteroatoms. The van der Waals surface area contributed by atoms with Crippen LogP contribution in [-0.2, 0) is 4.79 Å². The smallest absolute Gasteiger partial charge is 0.333 e. The number of hydrogen-bond acceptors (Lipinski definition) is 4. The summed E-state index contributed by atoms with van der Waals surface area (Å²) in [4.78, 5) is 17.5. The molecule has 4 rings (SSSR count). The third-order valence-corrected chi connectivity index (χ3v) is 5.98. The Kier molecular flexibility index (Phi) is 3.87. The van der Waals surface area contributed by atoms with Crippen molar-refractivity contribution in [3.8, 4) is 11.8 Å². The zero-order valence-electron chi connectivity index (χ0n) is 13.5. The lowest BCUT2D eigenvalue weighted by Crippen LogP contribution is -2.24. The molecule has 2 bridgehead atoms. The first-order chi connectivity index (χ1) is 11.6. The summed E-state index contributed by atoms with van der Waals surface area (Å²) in [7, 11) is 0. The van der Waals surface area contributed by atoms with Gasteiger partial charge in [0.1, 0.15) is 0 Å². The van der Waals surface area contributed by atoms with E-state index in [1.807, 2.05) is 0 Å². The molecule has 24 heavy (non-hydrogen) atoms. The van der Waals surface area contributed by atoms with Crippen molar-refractivity contribution in [2.75, 3.05) is 0 Å². The second-order valence-electron chi connectivity index (χ2n) is 7.17. The van der Waals surface area contributed by atoms with Gasteiger partial charge < -0.3 is 15.1 Å². The van der Waals surface area contributed by atoms with Gasteiger partial charge in [-0.2, -0.15) is 0 Å². The first-order valence-corrected chi connectivity index (χ1v) is 8.79. The van der Waals surface area contributed by atoms with Gasteiger partial charge in [0.25, 0.3) is 0 Å². The predicted molar refractivity (Wildman–Crippen MR) is 88.2 cm³/mol. The molecule has 0 amide bonds. The molecule has 1 aromatic rings. The van der Waals surface area contributed by atoms with Gasteiger partial charge in [-0.05, 0) is 55.3 Å². The molecule has 5 nitrogen and oxygen atoms in total. The van der Waals surface area contributed by atoms with Crippen LogP contribution in [0.5, 0.6) is 11.8 Å². The Bertz CT molecular complexity index is 644. The lowest BCUT2D eigenvalue weighted by atomic mass is 9.77. The fourth-order valence-electron chi connectivity index (χ4n) is 5.02. The summed E-state index contributed by atoms with van der Waals surface area (Å²) in [5.41, 5.74) is 0. The molecule has 0 radical (unpaired) electrons. The van der Waals surface area contributed by atoms with E-state index in [1.54, 1.807) is 0 Å². The van der Waals surface area contributed by atoms with Crippen molar-refractivity contribution in [1.29, 1.82) is 0 Å². The molecule has 128 valence electrons. The van der Waals surface area contributed by atoms with Gasteiger partial charge in [0, 0.05) is 12.1 Å². The molecule has 2 N–H and O–H groups in total. The van der Waals surface area contributed by atoms with Gasteiger partial charge in [-0.3, -0.25) is 0 Å². The van der Waals surface area contributed by atoms with E-state index in [-0.39, 0.29) is 17.7 Å². The summed E-state index contributed by atoms with van der Waals surface area (Å²) in [6.45, 7) is 0. The molecule has 0 saturated heterocycles. The Labute approximate surface area is 141 Å². The Morgan fingerprint density at radius 3 is 2.12 bits per heavy atom. The maximum absolute atomic E-state index is 12.3. The minimum absolute atomic E-state index is 0.277. The Hall–Kier alpha value is -2.17. The standard InChI is InChI=1S/C19H23NO4/c21-17-9-10-18(22)20(17)24-19(23)11-16-14-7-8-15(16)13-6-4-2-1-3-5-12(13)14/h1-2,7-10,12-16,21-22H,3-6,11H2. The summed E-state index contributed by atoms with van der Waals surface area (Å²) in [5, 5.41) is 19.2. The van der Waals surface area contributed by atoms with E-state index in [1.165, 1.54) is 25.0 Å². The SMILES string of the molecule is O=C(CC1C2C=CC1C1CCC=CCCC21)On1c(O)ccc1O. The molecule has 1 heterocycles. The van der Waals surface area contributed by atoms with Crippen LogP contribution in [0.3, 0.4) is 0 Å². The van der Waals surface area contributed by atoms with E-state index in [9.17, 15) is 15.0 Å². The average Bonchev–Trinajstić information content (AvgIpc) is 3.14. The van der Waals surface area contributed by atoms with Gasteiger partial charge in [-0.25, -0.2) is 4.79 Å². The molecule has 0 aromatic carbocycles. The predicted octanol–water partition coefficient (Wildman–Crippen LogP) is 3.04. The summed E-state index contributed by atoms with van der Waals surface area (Å²) < 4.78 is 0.777. The number of carbonyl (C=O) groups is 1. The molecule has 3 aliphatic rings. The minimum atomic E-state index is -0.409. The van der Waals surface area contributed by atoms with E-state index < -0.39 is 5.97 Å². The van der Waals surface area contributed by atoms with E-state index in [2.05, 4.69) is 24.3 Å². The monoisotopic (exact) mass is 329 g/mol. The molecular weight excluding hydrogens is 306 g/mol. The highest BCUT2D eigenvalue weighted by Crippen LogP contribution is 2.56. The lowest BCUT2D eigenvalue weighted by Gasteiger charge is -2.28. The molecule has 3 aliphatic carbocycles. The molecular formula is C19H23NO4. The minimum Gasteiger partial charge on any atom is -0.492 e. The van der Waals surface area contributed by atoms with Gasteiger partial charge in [-0.15, -0.1) is 4.73 Å². The first kappa shape index (κ1) is 15.4. The molecule has 4 atom stereocenters. The van der Waals surface area contributed by atoms with E-state index in [4.69, 9.17) is 4.84 Å². The third kappa shape index (κ3) is 2.52. The highest BCUT2D eigenvalue weighted by molar-refractivity contribution is 5.70. The van der Waals surface area contributed by atoms with Crippen LogP contribution in [0.15, 0.2) is 36.4 Å². The van der Waals surface area contributed by atoms with Gasteiger partial charge in [0.2, 0.25) is 11.8 Å². The van der Waals surface area contributed by atoms with Crippen LogP contribution >= 0.6 is 0 Å². The van der Waals surface area contributed by atoms with E-state index in [0.717, 1.165) is 17.6 Å². The Morgan fingerprint density at radius 2 is 1.58 bits per heavy atom. The van der Waals surface area contributed by atoms with Crippen LogP contribution in [0.1, 0.15) is 32.1 Å². The van der Waals surface area contributed by atoms with Crippen molar-refractivity contribution >= 4 is 5.97 Å². The quantitative estimate of drug-likeness (QED) is 0.836. The number of allylic oxidation sites excluding steroid dienone is 4. The maximum atomic E-state index is 12.3. The highest BCUT2D eigenvalue weighted by Gasteiger charge is 2.51. The highest BCUT2D eigenvalue weighted by atomic mass is 16.7. The molecule has 1 aromatic heterocycles. The van der Waals surface area contributed by atoms with Crippen molar-refractivity contribution in [2.24, 2.45) is 29.6 Å². The third-order valence-electron chi connectivity index (χ3n) is 5.98. The maximum Gasteiger partial charge on any atom is 0.333 e. The van der Waals surface area contributed by atoms with Crippen molar-refractivity contribution in [3.63, 3.8) is 0 Å². The van der Waals surface area contributed by atoms with Crippen LogP contribution in [0.4, 0.5) is 0 Å². The summed E-state index contributed by atoms with van der Waals surface area (Å²) in [6, 6.07) is 2.58. The molecule has 1 fully saturated rings. The number of fused-ring (bicyclic) bond motifs is 5. The van der Waals surface area contributed by atoms with Gasteiger partial charge in [0.05, 0.1) is 6.42 Å². The van der Waals surface area contributed by atoms with Crippen molar-refractivity contribution in [3.05, 3.63) is 36.4 Å². The van der Waals surface area contributed by atoms with Gasteiger partial charge >= 0.3 is 5.97 Å². The molecule has 0 spiro atoms. The zero-order chi connectivity index (χ0) is 16.7. The summed E-state index contributed by atoms with van der Waals surface area (Å²) in [5.74, 6) is 1.55. The van der Waals surface area contributed by atoms with Crippen LogP contribution in [0, 0.1) is 29.6 Å². The van der Waals surface area contributed by atoms with Crippen LogP contribution in [0.25, 0.3) is 0 Å². The second-order valence-corrected chi connectivity index (χ2v) is 7.17. The largest absolute Gasteiger partial charge is 0.492 e. The number of nitrogens with zero attached hydrogens (tertiary/aromatic N) is 1. The van der Waals surface area contributed by atoms with Crippen LogP contribution in [0.2, 0.25) is 0 Å². The lowest BCUT2D eigenvalue weighted by molar-refractivity contribution is -0.147. The summed E-state index contributed by atoms with van der Waals surface area (Å²) in [6.07, 6.45) is 14.1. The van der Waals surface area contributed by atoms with Crippen molar-refractivity contribution < 1.29 is 19.8 Å². The Balaban J connectivity index is 1.45. The summed E-state index contributed by atoms with van der Waals surface area (Å²) >= 11 is 0. The normalized spacial score (nSPS) is 33.9. The number of carbonyl (C=O) groups excluding carboxylic acids is 1. The molecule has 4 unspecified atom stereocenters. The van der Waals surface area contributed by atoms with Crippen LogP contribution in [-0.4, -0.2) is 20.9 Å². The number of hydrogen-bond donors (Lipinski definition) is 2. The van der Waals surface area contributed by atoms with E-state index in [0.29, 0.717) is 30.1 Å². The second kappa shape index (κ2) is 6.04. The van der Waals surface area contributed by atoms with Gasteiger partial charge in [-0.1, -0.05) is 24.3 Å². The van der Waals surface area contributed by atoms with Crippen molar-refractivity contribution in [2.45, 2.75) is 32.1 Å². The molecule has 0 aliphatic heterocycles. The number of aromatic hydroxyl groups is 2. The van der Waals surface area contributed by atoms with E-state index >= 15 is 0 Å². The topological polar surface area (TPSA) is 71.7 Å². The number of aromatic nitrogens is 1. The fourth-order valence-corrected chi connectivity index (χ4v) is 5.02. The zero-order valence-corrected chi connectivity index (χ0v) is 13.5. The first-order valence-electron chi connectivity index (χ1n) is 8.79. The van der Waals surface area contributed by atoms with Gasteiger partial charge in [0.15, 0.2) is 0 Å². The van der Waals surface area contributed by atoms with Crippen molar-refractivity contribution in [1.82, 2.24) is 4.73 Å². The average molecular weight is 329 g/mol. The van der Waals surface area contributed by atoms with Crippen LogP contribution < -0.4 is 4.84 Å². The Morgan fingerprint density at radius 1 is 1.04 bits per heavy atom.